The first-order chi connectivity index (χ1) is 8.25. The molecule has 18 heavy (non-hydrogen) atoms. The van der Waals surface area contributed by atoms with Gasteiger partial charge in [-0.25, -0.2) is 4.98 Å². The van der Waals surface area contributed by atoms with Gasteiger partial charge in [0.1, 0.15) is 10.7 Å². The van der Waals surface area contributed by atoms with Gasteiger partial charge in [-0.15, -0.1) is 0 Å². The summed E-state index contributed by atoms with van der Waals surface area (Å²) in [5.41, 5.74) is 4.60. The maximum absolute atomic E-state index is 12.5. The van der Waals surface area contributed by atoms with Crippen molar-refractivity contribution in [1.82, 2.24) is 4.98 Å². The second-order valence-corrected chi connectivity index (χ2v) is 4.19. The summed E-state index contributed by atoms with van der Waals surface area (Å²) in [5.74, 6) is -0.174. The van der Waals surface area contributed by atoms with Gasteiger partial charge in [0, 0.05) is 0 Å². The Balaban J connectivity index is 3.20. The third kappa shape index (κ3) is 3.56. The maximum atomic E-state index is 12.5. The van der Waals surface area contributed by atoms with Gasteiger partial charge in [0.05, 0.1) is 11.7 Å². The SMILES string of the molecule is CCC(C)Oc1nc(C(F)(F)F)ccc1C(N)=S. The van der Waals surface area contributed by atoms with Crippen molar-refractivity contribution in [3.05, 3.63) is 23.4 Å². The minimum absolute atomic E-state index is 0.0467. The molecule has 0 bridgehead atoms. The fourth-order valence-electron chi connectivity index (χ4n) is 1.15. The van der Waals surface area contributed by atoms with E-state index in [2.05, 4.69) is 4.98 Å². The summed E-state index contributed by atoms with van der Waals surface area (Å²) in [4.78, 5) is 3.39. The molecule has 3 nitrogen and oxygen atoms in total. The number of pyridine rings is 1. The van der Waals surface area contributed by atoms with Gasteiger partial charge in [0.2, 0.25) is 5.88 Å². The van der Waals surface area contributed by atoms with Crippen LogP contribution in [0.3, 0.4) is 0 Å². The average Bonchev–Trinajstić information content (AvgIpc) is 2.27. The summed E-state index contributed by atoms with van der Waals surface area (Å²) >= 11 is 4.75. The molecule has 0 saturated heterocycles. The molecule has 2 N–H and O–H groups in total. The van der Waals surface area contributed by atoms with Crippen molar-refractivity contribution in [1.29, 1.82) is 0 Å². The fourth-order valence-corrected chi connectivity index (χ4v) is 1.30. The van der Waals surface area contributed by atoms with E-state index in [0.29, 0.717) is 6.42 Å². The highest BCUT2D eigenvalue weighted by atomic mass is 32.1. The molecule has 0 aliphatic heterocycles. The number of rotatable bonds is 4. The van der Waals surface area contributed by atoms with E-state index in [1.165, 1.54) is 6.07 Å². The van der Waals surface area contributed by atoms with Crippen molar-refractivity contribution in [3.63, 3.8) is 0 Å². The number of nitrogens with two attached hydrogens (primary N) is 1. The van der Waals surface area contributed by atoms with Crippen LogP contribution < -0.4 is 10.5 Å². The number of alkyl halides is 3. The van der Waals surface area contributed by atoms with Crippen molar-refractivity contribution >= 4 is 17.2 Å². The predicted octanol–water partition coefficient (Wildman–Crippen LogP) is 2.91. The van der Waals surface area contributed by atoms with Crippen molar-refractivity contribution in [3.8, 4) is 5.88 Å². The van der Waals surface area contributed by atoms with Gasteiger partial charge in [-0.05, 0) is 25.5 Å². The van der Waals surface area contributed by atoms with Crippen LogP contribution in [0.1, 0.15) is 31.5 Å². The summed E-state index contributed by atoms with van der Waals surface area (Å²) in [6, 6.07) is 2.01. The molecule has 1 atom stereocenters. The zero-order chi connectivity index (χ0) is 13.9. The van der Waals surface area contributed by atoms with Gasteiger partial charge < -0.3 is 10.5 Å². The molecule has 1 heterocycles. The molecule has 1 aromatic heterocycles. The number of hydrogen-bond donors (Lipinski definition) is 1. The van der Waals surface area contributed by atoms with Gasteiger partial charge in [0.15, 0.2) is 0 Å². The quantitative estimate of drug-likeness (QED) is 0.860. The van der Waals surface area contributed by atoms with Crippen LogP contribution in [0.5, 0.6) is 5.88 Å². The molecule has 0 aliphatic rings. The molecule has 0 amide bonds. The number of hydrogen-bond acceptors (Lipinski definition) is 3. The Morgan fingerprint density at radius 3 is 2.56 bits per heavy atom. The van der Waals surface area contributed by atoms with Crippen molar-refractivity contribution < 1.29 is 17.9 Å². The summed E-state index contributed by atoms with van der Waals surface area (Å²) in [6.45, 7) is 3.57. The average molecular weight is 278 g/mol. The number of ether oxygens (including phenoxy) is 1. The lowest BCUT2D eigenvalue weighted by molar-refractivity contribution is -0.141. The van der Waals surface area contributed by atoms with Gasteiger partial charge in [-0.1, -0.05) is 19.1 Å². The van der Waals surface area contributed by atoms with Crippen LogP contribution in [-0.2, 0) is 6.18 Å². The highest BCUT2D eigenvalue weighted by Crippen LogP contribution is 2.30. The Morgan fingerprint density at radius 2 is 2.11 bits per heavy atom. The smallest absolute Gasteiger partial charge is 0.433 e. The predicted molar refractivity (Wildman–Crippen MR) is 65.5 cm³/mol. The largest absolute Gasteiger partial charge is 0.474 e. The number of nitrogens with zero attached hydrogens (tertiary/aromatic N) is 1. The van der Waals surface area contributed by atoms with Crippen LogP contribution in [0, 0.1) is 0 Å². The second-order valence-electron chi connectivity index (χ2n) is 3.75. The van der Waals surface area contributed by atoms with Gasteiger partial charge in [0.25, 0.3) is 0 Å². The number of halogens is 3. The van der Waals surface area contributed by atoms with Crippen LogP contribution in [0.25, 0.3) is 0 Å². The van der Waals surface area contributed by atoms with E-state index in [-0.39, 0.29) is 22.5 Å². The fraction of sp³-hybridized carbons (Fsp3) is 0.455. The highest BCUT2D eigenvalue weighted by Gasteiger charge is 2.33. The molecular formula is C11H13F3N2OS. The molecule has 0 aliphatic carbocycles. The molecule has 1 aromatic rings. The minimum Gasteiger partial charge on any atom is -0.474 e. The summed E-state index contributed by atoms with van der Waals surface area (Å²) in [5, 5.41) is 0. The Kier molecular flexibility index (Phi) is 4.50. The summed E-state index contributed by atoms with van der Waals surface area (Å²) in [6.07, 6.45) is -4.16. The Bertz CT molecular complexity index is 448. The van der Waals surface area contributed by atoms with Crippen LogP contribution in [0.15, 0.2) is 12.1 Å². The van der Waals surface area contributed by atoms with Crippen molar-refractivity contribution in [2.75, 3.05) is 0 Å². The van der Waals surface area contributed by atoms with Gasteiger partial charge in [-0.3, -0.25) is 0 Å². The molecular weight excluding hydrogens is 265 g/mol. The first-order valence-electron chi connectivity index (χ1n) is 5.30. The van der Waals surface area contributed by atoms with E-state index >= 15 is 0 Å². The van der Waals surface area contributed by atoms with Crippen molar-refractivity contribution in [2.24, 2.45) is 5.73 Å². The zero-order valence-corrected chi connectivity index (χ0v) is 10.7. The van der Waals surface area contributed by atoms with E-state index in [9.17, 15) is 13.2 Å². The monoisotopic (exact) mass is 278 g/mol. The third-order valence-corrected chi connectivity index (χ3v) is 2.52. The second kappa shape index (κ2) is 5.51. The van der Waals surface area contributed by atoms with E-state index in [1.807, 2.05) is 6.92 Å². The normalized spacial score (nSPS) is 13.2. The molecule has 0 radical (unpaired) electrons. The molecule has 0 spiro atoms. The number of aromatic nitrogens is 1. The summed E-state index contributed by atoms with van der Waals surface area (Å²) < 4.78 is 42.9. The van der Waals surface area contributed by atoms with Gasteiger partial charge in [-0.2, -0.15) is 13.2 Å². The lowest BCUT2D eigenvalue weighted by Gasteiger charge is -2.16. The molecule has 100 valence electrons. The van der Waals surface area contributed by atoms with Crippen LogP contribution >= 0.6 is 12.2 Å². The van der Waals surface area contributed by atoms with E-state index in [1.54, 1.807) is 6.92 Å². The topological polar surface area (TPSA) is 48.1 Å². The Labute approximate surface area is 108 Å². The first-order valence-corrected chi connectivity index (χ1v) is 5.71. The van der Waals surface area contributed by atoms with E-state index < -0.39 is 11.9 Å². The zero-order valence-electron chi connectivity index (χ0n) is 9.91. The standard InChI is InChI=1S/C11H13F3N2OS/c1-3-6(2)17-10-7(9(15)18)4-5-8(16-10)11(12,13)14/h4-6H,3H2,1-2H3,(H2,15,18). The third-order valence-electron chi connectivity index (χ3n) is 2.30. The maximum Gasteiger partial charge on any atom is 0.433 e. The number of thiocarbonyl (C=S) groups is 1. The molecule has 0 fully saturated rings. The van der Waals surface area contributed by atoms with Crippen LogP contribution in [0.4, 0.5) is 13.2 Å². The molecule has 0 aromatic carbocycles. The van der Waals surface area contributed by atoms with Gasteiger partial charge >= 0.3 is 6.18 Å². The van der Waals surface area contributed by atoms with E-state index in [4.69, 9.17) is 22.7 Å². The first kappa shape index (κ1) is 14.7. The molecule has 1 rings (SSSR count). The molecule has 7 heteroatoms. The van der Waals surface area contributed by atoms with E-state index in [0.717, 1.165) is 6.07 Å². The lowest BCUT2D eigenvalue weighted by Crippen LogP contribution is -2.19. The van der Waals surface area contributed by atoms with Crippen LogP contribution in [-0.4, -0.2) is 16.1 Å². The lowest BCUT2D eigenvalue weighted by atomic mass is 10.2. The Hall–Kier alpha value is -1.37. The highest BCUT2D eigenvalue weighted by molar-refractivity contribution is 7.80. The Morgan fingerprint density at radius 1 is 1.50 bits per heavy atom. The van der Waals surface area contributed by atoms with Crippen LogP contribution in [0.2, 0.25) is 0 Å². The summed E-state index contributed by atoms with van der Waals surface area (Å²) in [7, 11) is 0. The van der Waals surface area contributed by atoms with Crippen molar-refractivity contribution in [2.45, 2.75) is 32.5 Å². The minimum atomic E-state index is -4.53. The molecule has 1 unspecified atom stereocenters. The molecule has 0 saturated carbocycles.